The van der Waals surface area contributed by atoms with E-state index in [2.05, 4.69) is 5.32 Å². The SMILES string of the molecule is O=C(NCc1ccccc1Cl)c1ccc2c(c1)OCCCO2. The number of benzene rings is 2. The second kappa shape index (κ2) is 6.71. The lowest BCUT2D eigenvalue weighted by atomic mass is 10.1. The van der Waals surface area contributed by atoms with Gasteiger partial charge >= 0.3 is 0 Å². The van der Waals surface area contributed by atoms with Crippen LogP contribution < -0.4 is 14.8 Å². The first-order chi connectivity index (χ1) is 10.7. The quantitative estimate of drug-likeness (QED) is 0.943. The van der Waals surface area contributed by atoms with Crippen LogP contribution in [-0.4, -0.2) is 19.1 Å². The molecule has 0 aromatic heterocycles. The fraction of sp³-hybridized carbons (Fsp3) is 0.235. The number of rotatable bonds is 3. The summed E-state index contributed by atoms with van der Waals surface area (Å²) >= 11 is 6.08. The average molecular weight is 318 g/mol. The third-order valence-corrected chi connectivity index (χ3v) is 3.78. The maximum absolute atomic E-state index is 12.3. The standard InChI is InChI=1S/C17H16ClNO3/c18-14-5-2-1-4-13(14)11-19-17(20)12-6-7-15-16(10-12)22-9-3-8-21-15/h1-2,4-7,10H,3,8-9,11H2,(H,19,20). The highest BCUT2D eigenvalue weighted by Gasteiger charge is 2.14. The number of hydrogen-bond donors (Lipinski definition) is 1. The summed E-state index contributed by atoms with van der Waals surface area (Å²) in [7, 11) is 0. The summed E-state index contributed by atoms with van der Waals surface area (Å²) in [5.41, 5.74) is 1.42. The van der Waals surface area contributed by atoms with Crippen LogP contribution in [0.5, 0.6) is 11.5 Å². The third-order valence-electron chi connectivity index (χ3n) is 3.41. The molecule has 3 rings (SSSR count). The molecule has 0 saturated heterocycles. The van der Waals surface area contributed by atoms with Crippen LogP contribution in [0.4, 0.5) is 0 Å². The van der Waals surface area contributed by atoms with Crippen molar-refractivity contribution < 1.29 is 14.3 Å². The van der Waals surface area contributed by atoms with E-state index in [-0.39, 0.29) is 5.91 Å². The predicted molar refractivity (Wildman–Crippen MR) is 84.7 cm³/mol. The molecule has 1 amide bonds. The van der Waals surface area contributed by atoms with Crippen LogP contribution in [0.2, 0.25) is 5.02 Å². The van der Waals surface area contributed by atoms with Gasteiger partial charge in [-0.15, -0.1) is 0 Å². The molecule has 1 N–H and O–H groups in total. The number of fused-ring (bicyclic) bond motifs is 1. The normalized spacial score (nSPS) is 13.3. The molecule has 1 heterocycles. The van der Waals surface area contributed by atoms with Gasteiger partial charge in [-0.3, -0.25) is 4.79 Å². The summed E-state index contributed by atoms with van der Waals surface area (Å²) in [4.78, 5) is 12.3. The maximum Gasteiger partial charge on any atom is 0.251 e. The molecule has 0 fully saturated rings. The van der Waals surface area contributed by atoms with E-state index < -0.39 is 0 Å². The second-order valence-electron chi connectivity index (χ2n) is 4.99. The van der Waals surface area contributed by atoms with Gasteiger partial charge in [-0.05, 0) is 29.8 Å². The number of hydrogen-bond acceptors (Lipinski definition) is 3. The van der Waals surface area contributed by atoms with Crippen LogP contribution in [0.25, 0.3) is 0 Å². The van der Waals surface area contributed by atoms with E-state index in [1.54, 1.807) is 24.3 Å². The lowest BCUT2D eigenvalue weighted by Gasteiger charge is -2.10. The van der Waals surface area contributed by atoms with Crippen LogP contribution in [0.15, 0.2) is 42.5 Å². The molecule has 5 heteroatoms. The van der Waals surface area contributed by atoms with Crippen LogP contribution in [0, 0.1) is 0 Å². The number of ether oxygens (including phenoxy) is 2. The first-order valence-corrected chi connectivity index (χ1v) is 7.53. The molecule has 0 radical (unpaired) electrons. The van der Waals surface area contributed by atoms with Crippen LogP contribution >= 0.6 is 11.6 Å². The van der Waals surface area contributed by atoms with Gasteiger partial charge < -0.3 is 14.8 Å². The number of halogens is 1. The Morgan fingerprint density at radius 2 is 1.86 bits per heavy atom. The molecular weight excluding hydrogens is 302 g/mol. The Hall–Kier alpha value is -2.20. The van der Waals surface area contributed by atoms with Gasteiger partial charge in [0.15, 0.2) is 11.5 Å². The molecule has 114 valence electrons. The first kappa shape index (κ1) is 14.7. The van der Waals surface area contributed by atoms with E-state index in [1.165, 1.54) is 0 Å². The van der Waals surface area contributed by atoms with Gasteiger partial charge in [-0.25, -0.2) is 0 Å². The minimum atomic E-state index is -0.171. The first-order valence-electron chi connectivity index (χ1n) is 7.15. The second-order valence-corrected chi connectivity index (χ2v) is 5.39. The van der Waals surface area contributed by atoms with E-state index in [9.17, 15) is 4.79 Å². The molecule has 2 aromatic rings. The van der Waals surface area contributed by atoms with Crippen molar-refractivity contribution in [1.29, 1.82) is 0 Å². The molecule has 1 aliphatic rings. The van der Waals surface area contributed by atoms with Crippen molar-refractivity contribution in [1.82, 2.24) is 5.32 Å². The minimum absolute atomic E-state index is 0.171. The zero-order valence-electron chi connectivity index (χ0n) is 12.0. The van der Waals surface area contributed by atoms with Gasteiger partial charge in [0, 0.05) is 23.6 Å². The fourth-order valence-electron chi connectivity index (χ4n) is 2.22. The van der Waals surface area contributed by atoms with Crippen LogP contribution in [0.3, 0.4) is 0 Å². The lowest BCUT2D eigenvalue weighted by molar-refractivity contribution is 0.0950. The van der Waals surface area contributed by atoms with Crippen molar-refractivity contribution in [2.75, 3.05) is 13.2 Å². The molecule has 0 unspecified atom stereocenters. The Bertz CT molecular complexity index is 687. The van der Waals surface area contributed by atoms with E-state index in [0.29, 0.717) is 41.8 Å². The zero-order chi connectivity index (χ0) is 15.4. The Kier molecular flexibility index (Phi) is 4.49. The van der Waals surface area contributed by atoms with E-state index in [1.807, 2.05) is 18.2 Å². The summed E-state index contributed by atoms with van der Waals surface area (Å²) in [6, 6.07) is 12.6. The smallest absolute Gasteiger partial charge is 0.251 e. The number of carbonyl (C=O) groups excluding carboxylic acids is 1. The van der Waals surface area contributed by atoms with Gasteiger partial charge in [0.05, 0.1) is 13.2 Å². The topological polar surface area (TPSA) is 47.6 Å². The molecular formula is C17H16ClNO3. The van der Waals surface area contributed by atoms with Gasteiger partial charge in [0.1, 0.15) is 0 Å². The highest BCUT2D eigenvalue weighted by molar-refractivity contribution is 6.31. The number of nitrogens with one attached hydrogen (secondary N) is 1. The summed E-state index contributed by atoms with van der Waals surface area (Å²) in [6.45, 7) is 1.61. The van der Waals surface area contributed by atoms with E-state index in [4.69, 9.17) is 21.1 Å². The van der Waals surface area contributed by atoms with Crippen molar-refractivity contribution in [2.45, 2.75) is 13.0 Å². The summed E-state index contributed by atoms with van der Waals surface area (Å²) in [5, 5.41) is 3.50. The minimum Gasteiger partial charge on any atom is -0.490 e. The highest BCUT2D eigenvalue weighted by Crippen LogP contribution is 2.30. The summed E-state index contributed by atoms with van der Waals surface area (Å²) in [6.07, 6.45) is 0.836. The fourth-order valence-corrected chi connectivity index (χ4v) is 2.43. The van der Waals surface area contributed by atoms with Crippen molar-refractivity contribution in [3.8, 4) is 11.5 Å². The van der Waals surface area contributed by atoms with Gasteiger partial charge in [-0.1, -0.05) is 29.8 Å². The van der Waals surface area contributed by atoms with Crippen molar-refractivity contribution in [2.24, 2.45) is 0 Å². The van der Waals surface area contributed by atoms with Gasteiger partial charge in [-0.2, -0.15) is 0 Å². The van der Waals surface area contributed by atoms with Crippen molar-refractivity contribution in [3.05, 3.63) is 58.6 Å². The molecule has 1 aliphatic heterocycles. The van der Waals surface area contributed by atoms with Crippen molar-refractivity contribution >= 4 is 17.5 Å². The van der Waals surface area contributed by atoms with E-state index >= 15 is 0 Å². The third kappa shape index (κ3) is 3.34. The molecule has 0 spiro atoms. The lowest BCUT2D eigenvalue weighted by Crippen LogP contribution is -2.23. The monoisotopic (exact) mass is 317 g/mol. The maximum atomic E-state index is 12.3. The molecule has 0 saturated carbocycles. The highest BCUT2D eigenvalue weighted by atomic mass is 35.5. The molecule has 0 bridgehead atoms. The van der Waals surface area contributed by atoms with Crippen molar-refractivity contribution in [3.63, 3.8) is 0 Å². The molecule has 4 nitrogen and oxygen atoms in total. The molecule has 2 aromatic carbocycles. The Balaban J connectivity index is 1.70. The summed E-state index contributed by atoms with van der Waals surface area (Å²) < 4.78 is 11.1. The van der Waals surface area contributed by atoms with Gasteiger partial charge in [0.2, 0.25) is 0 Å². The largest absolute Gasteiger partial charge is 0.490 e. The van der Waals surface area contributed by atoms with E-state index in [0.717, 1.165) is 12.0 Å². The van der Waals surface area contributed by atoms with Gasteiger partial charge in [0.25, 0.3) is 5.91 Å². The molecule has 22 heavy (non-hydrogen) atoms. The predicted octanol–water partition coefficient (Wildman–Crippen LogP) is 3.43. The summed E-state index contributed by atoms with van der Waals surface area (Å²) in [5.74, 6) is 1.12. The molecule has 0 aliphatic carbocycles. The Morgan fingerprint density at radius 3 is 2.68 bits per heavy atom. The Morgan fingerprint density at radius 1 is 1.09 bits per heavy atom. The number of carbonyl (C=O) groups is 1. The number of amides is 1. The average Bonchev–Trinajstić information content (AvgIpc) is 2.78. The van der Waals surface area contributed by atoms with Crippen LogP contribution in [-0.2, 0) is 6.54 Å². The zero-order valence-corrected chi connectivity index (χ0v) is 12.7. The van der Waals surface area contributed by atoms with Crippen LogP contribution in [0.1, 0.15) is 22.3 Å². The molecule has 0 atom stereocenters. The Labute approximate surface area is 134 Å².